The van der Waals surface area contributed by atoms with Crippen molar-refractivity contribution >= 4 is 11.4 Å². The summed E-state index contributed by atoms with van der Waals surface area (Å²) in [5.41, 5.74) is 4.80. The van der Waals surface area contributed by atoms with Gasteiger partial charge in [-0.25, -0.2) is 5.01 Å². The predicted octanol–water partition coefficient (Wildman–Crippen LogP) is 5.15. The Labute approximate surface area is 168 Å². The Morgan fingerprint density at radius 1 is 1.00 bits per heavy atom. The Balaban J connectivity index is 1.63. The number of nitro benzene ring substituents is 1. The van der Waals surface area contributed by atoms with Crippen LogP contribution in [0.4, 0.5) is 5.69 Å². The molecule has 0 saturated carbocycles. The molecule has 6 heteroatoms. The number of hydrazone groups is 1. The Kier molecular flexibility index (Phi) is 4.05. The first-order valence-electron chi connectivity index (χ1n) is 9.53. The lowest BCUT2D eigenvalue weighted by molar-refractivity contribution is -0.386. The molecule has 3 aromatic carbocycles. The minimum Gasteiger partial charge on any atom is -0.464 e. The van der Waals surface area contributed by atoms with Gasteiger partial charge in [-0.1, -0.05) is 60.2 Å². The maximum Gasteiger partial charge on any atom is 0.278 e. The molecule has 0 N–H and O–H groups in total. The summed E-state index contributed by atoms with van der Waals surface area (Å²) < 4.78 is 6.24. The first-order chi connectivity index (χ1) is 14.1. The van der Waals surface area contributed by atoms with E-state index in [2.05, 4.69) is 31.2 Å². The minimum atomic E-state index is -0.653. The molecule has 2 aliphatic heterocycles. The van der Waals surface area contributed by atoms with Crippen LogP contribution in [0.1, 0.15) is 40.9 Å². The molecular weight excluding hydrogens is 366 g/mol. The lowest BCUT2D eigenvalue weighted by Crippen LogP contribution is -2.34. The van der Waals surface area contributed by atoms with Crippen LogP contribution in [0.25, 0.3) is 0 Å². The van der Waals surface area contributed by atoms with Gasteiger partial charge in [0, 0.05) is 18.1 Å². The molecule has 5 rings (SSSR count). The first kappa shape index (κ1) is 17.4. The molecule has 0 saturated heterocycles. The second-order valence-electron chi connectivity index (χ2n) is 7.34. The van der Waals surface area contributed by atoms with Crippen LogP contribution in [0.2, 0.25) is 0 Å². The number of nitrogens with zero attached hydrogens (tertiary/aromatic N) is 3. The van der Waals surface area contributed by atoms with Crippen LogP contribution >= 0.6 is 0 Å². The van der Waals surface area contributed by atoms with Crippen molar-refractivity contribution in [1.82, 2.24) is 5.01 Å². The number of hydrogen-bond donors (Lipinski definition) is 0. The molecule has 0 fully saturated rings. The van der Waals surface area contributed by atoms with Crippen LogP contribution in [0.3, 0.4) is 0 Å². The number of nitro groups is 1. The summed E-state index contributed by atoms with van der Waals surface area (Å²) in [6, 6.07) is 22.8. The average molecular weight is 385 g/mol. The highest BCUT2D eigenvalue weighted by atomic mass is 16.6. The van der Waals surface area contributed by atoms with Crippen LogP contribution in [0.5, 0.6) is 5.75 Å². The molecule has 144 valence electrons. The van der Waals surface area contributed by atoms with Gasteiger partial charge in [0.2, 0.25) is 6.23 Å². The van der Waals surface area contributed by atoms with Crippen molar-refractivity contribution in [3.05, 3.63) is 105 Å². The maximum absolute atomic E-state index is 11.6. The van der Waals surface area contributed by atoms with Gasteiger partial charge < -0.3 is 4.74 Å². The van der Waals surface area contributed by atoms with Gasteiger partial charge in [0.05, 0.1) is 22.2 Å². The molecule has 2 heterocycles. The van der Waals surface area contributed by atoms with Gasteiger partial charge in [0.15, 0.2) is 0 Å². The van der Waals surface area contributed by atoms with Crippen LogP contribution < -0.4 is 4.74 Å². The molecule has 2 aliphatic rings. The monoisotopic (exact) mass is 385 g/mol. The normalized spacial score (nSPS) is 19.8. The third kappa shape index (κ3) is 2.93. The zero-order chi connectivity index (χ0) is 20.0. The van der Waals surface area contributed by atoms with Crippen LogP contribution in [0, 0.1) is 17.0 Å². The standard InChI is InChI=1S/C23H19N3O3/c1-15-10-12-16(13-11-15)19-14-21-17-6-3-5-9-22(17)29-23(25(21)24-19)18-7-2-4-8-20(18)26(27)28/h2-13,21,23H,14H2,1H3/t21-,23-/m0/s1. The van der Waals surface area contributed by atoms with E-state index in [-0.39, 0.29) is 16.7 Å². The highest BCUT2D eigenvalue weighted by Gasteiger charge is 2.42. The van der Waals surface area contributed by atoms with Gasteiger partial charge in [-0.3, -0.25) is 10.1 Å². The van der Waals surface area contributed by atoms with E-state index in [0.717, 1.165) is 29.0 Å². The molecule has 0 bridgehead atoms. The van der Waals surface area contributed by atoms with Gasteiger partial charge in [-0.15, -0.1) is 0 Å². The highest BCUT2D eigenvalue weighted by Crippen LogP contribution is 2.48. The number of hydrogen-bond acceptors (Lipinski definition) is 5. The summed E-state index contributed by atoms with van der Waals surface area (Å²) in [4.78, 5) is 11.2. The van der Waals surface area contributed by atoms with Gasteiger partial charge in [0.1, 0.15) is 5.75 Å². The number of aryl methyl sites for hydroxylation is 1. The van der Waals surface area contributed by atoms with Gasteiger partial charge in [-0.05, 0) is 24.6 Å². The minimum absolute atomic E-state index is 0.0268. The summed E-state index contributed by atoms with van der Waals surface area (Å²) in [5.74, 6) is 0.747. The van der Waals surface area contributed by atoms with Gasteiger partial charge in [0.25, 0.3) is 5.69 Å². The van der Waals surface area contributed by atoms with E-state index in [4.69, 9.17) is 9.84 Å². The van der Waals surface area contributed by atoms with E-state index in [1.54, 1.807) is 18.2 Å². The first-order valence-corrected chi connectivity index (χ1v) is 9.53. The van der Waals surface area contributed by atoms with Crippen molar-refractivity contribution in [2.45, 2.75) is 25.6 Å². The Morgan fingerprint density at radius 3 is 2.45 bits per heavy atom. The van der Waals surface area contributed by atoms with Crippen molar-refractivity contribution in [1.29, 1.82) is 0 Å². The Bertz CT molecular complexity index is 1120. The number of ether oxygens (including phenoxy) is 1. The fourth-order valence-corrected chi connectivity index (χ4v) is 4.02. The maximum atomic E-state index is 11.6. The van der Waals surface area contributed by atoms with E-state index in [1.165, 1.54) is 11.6 Å². The molecule has 6 nitrogen and oxygen atoms in total. The molecule has 0 radical (unpaired) electrons. The fourth-order valence-electron chi connectivity index (χ4n) is 4.02. The third-order valence-electron chi connectivity index (χ3n) is 5.48. The lowest BCUT2D eigenvalue weighted by atomic mass is 9.95. The Morgan fingerprint density at radius 2 is 1.69 bits per heavy atom. The Hall–Kier alpha value is -3.67. The summed E-state index contributed by atoms with van der Waals surface area (Å²) in [6.07, 6.45) is 0.0695. The van der Waals surface area contributed by atoms with E-state index >= 15 is 0 Å². The van der Waals surface area contributed by atoms with Crippen molar-refractivity contribution in [3.63, 3.8) is 0 Å². The number of rotatable bonds is 3. The quantitative estimate of drug-likeness (QED) is 0.462. The van der Waals surface area contributed by atoms with E-state index in [1.807, 2.05) is 29.3 Å². The predicted molar refractivity (Wildman–Crippen MR) is 110 cm³/mol. The summed E-state index contributed by atoms with van der Waals surface area (Å²) in [5, 5.41) is 18.4. The fraction of sp³-hybridized carbons (Fsp3) is 0.174. The molecular formula is C23H19N3O3. The van der Waals surface area contributed by atoms with Crippen molar-refractivity contribution in [2.75, 3.05) is 0 Å². The second kappa shape index (κ2) is 6.74. The molecule has 0 unspecified atom stereocenters. The summed E-state index contributed by atoms with van der Waals surface area (Å²) >= 11 is 0. The molecule has 3 aromatic rings. The SMILES string of the molecule is Cc1ccc(C2=NN3[C@@H](C2)c2ccccc2O[C@H]3c2ccccc2[N+](=O)[O-])cc1. The average Bonchev–Trinajstić information content (AvgIpc) is 3.19. The number of fused-ring (bicyclic) bond motifs is 3. The molecule has 2 atom stereocenters. The van der Waals surface area contributed by atoms with Crippen LogP contribution in [-0.2, 0) is 0 Å². The highest BCUT2D eigenvalue weighted by molar-refractivity contribution is 6.02. The van der Waals surface area contributed by atoms with Crippen LogP contribution in [-0.4, -0.2) is 15.6 Å². The largest absolute Gasteiger partial charge is 0.464 e. The molecule has 0 aromatic heterocycles. The topological polar surface area (TPSA) is 68.0 Å². The van der Waals surface area contributed by atoms with Crippen molar-refractivity contribution in [3.8, 4) is 5.75 Å². The molecule has 29 heavy (non-hydrogen) atoms. The van der Waals surface area contributed by atoms with Gasteiger partial charge in [-0.2, -0.15) is 5.10 Å². The van der Waals surface area contributed by atoms with E-state index < -0.39 is 6.23 Å². The van der Waals surface area contributed by atoms with Gasteiger partial charge >= 0.3 is 0 Å². The molecule has 0 aliphatic carbocycles. The lowest BCUT2D eigenvalue weighted by Gasteiger charge is -2.37. The van der Waals surface area contributed by atoms with Crippen molar-refractivity contribution < 1.29 is 9.66 Å². The van der Waals surface area contributed by atoms with E-state index in [9.17, 15) is 10.1 Å². The van der Waals surface area contributed by atoms with Crippen molar-refractivity contribution in [2.24, 2.45) is 5.10 Å². The summed E-state index contributed by atoms with van der Waals surface area (Å²) in [7, 11) is 0. The second-order valence-corrected chi connectivity index (χ2v) is 7.34. The molecule has 0 spiro atoms. The third-order valence-corrected chi connectivity index (χ3v) is 5.48. The zero-order valence-electron chi connectivity index (χ0n) is 15.9. The smallest absolute Gasteiger partial charge is 0.278 e. The zero-order valence-corrected chi connectivity index (χ0v) is 15.9. The van der Waals surface area contributed by atoms with Crippen LogP contribution in [0.15, 0.2) is 77.9 Å². The number of para-hydroxylation sites is 2. The summed E-state index contributed by atoms with van der Waals surface area (Å²) in [6.45, 7) is 2.05. The molecule has 0 amide bonds. The van der Waals surface area contributed by atoms with E-state index in [0.29, 0.717) is 5.56 Å². The number of benzene rings is 3.